The van der Waals surface area contributed by atoms with Gasteiger partial charge in [-0.25, -0.2) is 0 Å². The zero-order valence-corrected chi connectivity index (χ0v) is 11.3. The number of piperidine rings is 1. The number of rotatable bonds is 3. The molecule has 1 aromatic carbocycles. The van der Waals surface area contributed by atoms with Gasteiger partial charge in [0.15, 0.2) is 0 Å². The first-order valence-electron chi connectivity index (χ1n) is 6.69. The van der Waals surface area contributed by atoms with Gasteiger partial charge in [0.25, 0.3) is 0 Å². The molecule has 98 valence electrons. The van der Waals surface area contributed by atoms with Crippen molar-refractivity contribution in [2.24, 2.45) is 0 Å². The summed E-state index contributed by atoms with van der Waals surface area (Å²) >= 11 is 0. The van der Waals surface area contributed by atoms with E-state index in [2.05, 4.69) is 36.5 Å². The maximum absolute atomic E-state index is 11.2. The highest BCUT2D eigenvalue weighted by Crippen LogP contribution is 2.11. The first-order chi connectivity index (χ1) is 8.65. The Balaban J connectivity index is 1.77. The number of amides is 1. The lowest BCUT2D eigenvalue weighted by Gasteiger charge is -2.31. The number of benzene rings is 1. The van der Waals surface area contributed by atoms with E-state index in [0.717, 1.165) is 32.5 Å². The molecule has 3 nitrogen and oxygen atoms in total. The second-order valence-corrected chi connectivity index (χ2v) is 5.15. The molecule has 1 saturated heterocycles. The highest BCUT2D eigenvalue weighted by molar-refractivity contribution is 5.73. The third kappa shape index (κ3) is 3.57. The highest BCUT2D eigenvalue weighted by atomic mass is 16.2. The van der Waals surface area contributed by atoms with E-state index in [-0.39, 0.29) is 5.91 Å². The molecule has 1 aromatic rings. The normalized spacial score (nSPS) is 16.9. The van der Waals surface area contributed by atoms with Crippen molar-refractivity contribution in [2.75, 3.05) is 13.1 Å². The molecule has 0 aromatic heterocycles. The Morgan fingerprint density at radius 3 is 2.72 bits per heavy atom. The van der Waals surface area contributed by atoms with Crippen LogP contribution in [0.15, 0.2) is 24.3 Å². The smallest absolute Gasteiger partial charge is 0.219 e. The van der Waals surface area contributed by atoms with E-state index in [0.29, 0.717) is 6.04 Å². The van der Waals surface area contributed by atoms with Crippen LogP contribution in [0.5, 0.6) is 0 Å². The van der Waals surface area contributed by atoms with Gasteiger partial charge in [0.05, 0.1) is 0 Å². The predicted molar refractivity (Wildman–Crippen MR) is 73.3 cm³/mol. The van der Waals surface area contributed by atoms with Crippen molar-refractivity contribution in [3.63, 3.8) is 0 Å². The Morgan fingerprint density at radius 2 is 2.11 bits per heavy atom. The maximum Gasteiger partial charge on any atom is 0.219 e. The molecular weight excluding hydrogens is 224 g/mol. The van der Waals surface area contributed by atoms with Gasteiger partial charge in [-0.2, -0.15) is 0 Å². The van der Waals surface area contributed by atoms with Crippen molar-refractivity contribution < 1.29 is 4.79 Å². The van der Waals surface area contributed by atoms with Gasteiger partial charge < -0.3 is 10.2 Å². The van der Waals surface area contributed by atoms with Crippen LogP contribution in [0, 0.1) is 6.92 Å². The summed E-state index contributed by atoms with van der Waals surface area (Å²) in [5.41, 5.74) is 2.64. The Labute approximate surface area is 109 Å². The fraction of sp³-hybridized carbons (Fsp3) is 0.533. The van der Waals surface area contributed by atoms with Crippen LogP contribution in [0.2, 0.25) is 0 Å². The molecular formula is C15H22N2O. The highest BCUT2D eigenvalue weighted by Gasteiger charge is 2.19. The molecule has 1 fully saturated rings. The Bertz CT molecular complexity index is 409. The molecule has 1 aliphatic heterocycles. The lowest BCUT2D eigenvalue weighted by Crippen LogP contribution is -2.43. The SMILES string of the molecule is CC(=O)N1CCC(NCc2cccc(C)c2)CC1. The second kappa shape index (κ2) is 6.01. The minimum absolute atomic E-state index is 0.201. The zero-order valence-electron chi connectivity index (χ0n) is 11.3. The lowest BCUT2D eigenvalue weighted by atomic mass is 10.0. The van der Waals surface area contributed by atoms with Crippen LogP contribution < -0.4 is 5.32 Å². The third-order valence-electron chi connectivity index (χ3n) is 3.62. The van der Waals surface area contributed by atoms with Gasteiger partial charge >= 0.3 is 0 Å². The molecule has 0 spiro atoms. The minimum Gasteiger partial charge on any atom is -0.343 e. The second-order valence-electron chi connectivity index (χ2n) is 5.15. The Morgan fingerprint density at radius 1 is 1.39 bits per heavy atom. The van der Waals surface area contributed by atoms with E-state index < -0.39 is 0 Å². The third-order valence-corrected chi connectivity index (χ3v) is 3.62. The summed E-state index contributed by atoms with van der Waals surface area (Å²) in [7, 11) is 0. The lowest BCUT2D eigenvalue weighted by molar-refractivity contribution is -0.129. The van der Waals surface area contributed by atoms with E-state index >= 15 is 0 Å². The van der Waals surface area contributed by atoms with Crippen molar-refractivity contribution in [3.05, 3.63) is 35.4 Å². The average Bonchev–Trinajstić information content (AvgIpc) is 2.37. The van der Waals surface area contributed by atoms with Crippen LogP contribution in [-0.2, 0) is 11.3 Å². The molecule has 1 aliphatic rings. The molecule has 1 heterocycles. The molecule has 1 amide bonds. The number of hydrogen-bond acceptors (Lipinski definition) is 2. The number of hydrogen-bond donors (Lipinski definition) is 1. The van der Waals surface area contributed by atoms with Gasteiger partial charge in [-0.1, -0.05) is 29.8 Å². The number of carbonyl (C=O) groups is 1. The van der Waals surface area contributed by atoms with E-state index in [9.17, 15) is 4.79 Å². The van der Waals surface area contributed by atoms with Gasteiger partial charge in [-0.3, -0.25) is 4.79 Å². The molecule has 3 heteroatoms. The predicted octanol–water partition coefficient (Wildman–Crippen LogP) is 2.10. The number of nitrogens with one attached hydrogen (secondary N) is 1. The van der Waals surface area contributed by atoms with Gasteiger partial charge in [0.1, 0.15) is 0 Å². The Hall–Kier alpha value is -1.35. The molecule has 2 rings (SSSR count). The van der Waals surface area contributed by atoms with E-state index in [1.165, 1.54) is 11.1 Å². The van der Waals surface area contributed by atoms with Crippen molar-refractivity contribution in [1.29, 1.82) is 0 Å². The van der Waals surface area contributed by atoms with Crippen molar-refractivity contribution in [2.45, 2.75) is 39.3 Å². The van der Waals surface area contributed by atoms with E-state index in [1.54, 1.807) is 6.92 Å². The fourth-order valence-electron chi connectivity index (χ4n) is 2.48. The molecule has 0 atom stereocenters. The van der Waals surface area contributed by atoms with Crippen LogP contribution >= 0.6 is 0 Å². The van der Waals surface area contributed by atoms with Crippen molar-refractivity contribution in [3.8, 4) is 0 Å². The van der Waals surface area contributed by atoms with Gasteiger partial charge in [-0.05, 0) is 25.3 Å². The van der Waals surface area contributed by atoms with Gasteiger partial charge in [-0.15, -0.1) is 0 Å². The maximum atomic E-state index is 11.2. The van der Waals surface area contributed by atoms with Crippen molar-refractivity contribution in [1.82, 2.24) is 10.2 Å². The van der Waals surface area contributed by atoms with Crippen LogP contribution in [0.3, 0.4) is 0 Å². The first-order valence-corrected chi connectivity index (χ1v) is 6.69. The number of nitrogens with zero attached hydrogens (tertiary/aromatic N) is 1. The fourth-order valence-corrected chi connectivity index (χ4v) is 2.48. The summed E-state index contributed by atoms with van der Waals surface area (Å²) in [6.07, 6.45) is 2.12. The molecule has 0 unspecified atom stereocenters. The Kier molecular flexibility index (Phi) is 4.37. The van der Waals surface area contributed by atoms with E-state index in [4.69, 9.17) is 0 Å². The van der Waals surface area contributed by atoms with Crippen LogP contribution in [0.1, 0.15) is 30.9 Å². The molecule has 18 heavy (non-hydrogen) atoms. The average molecular weight is 246 g/mol. The first kappa shape index (κ1) is 13.1. The van der Waals surface area contributed by atoms with Crippen molar-refractivity contribution >= 4 is 5.91 Å². The van der Waals surface area contributed by atoms with Crippen LogP contribution in [0.4, 0.5) is 0 Å². The van der Waals surface area contributed by atoms with E-state index in [1.807, 2.05) is 4.90 Å². The summed E-state index contributed by atoms with van der Waals surface area (Å²) in [6, 6.07) is 9.14. The summed E-state index contributed by atoms with van der Waals surface area (Å²) in [5, 5.41) is 3.59. The number of aryl methyl sites for hydroxylation is 1. The largest absolute Gasteiger partial charge is 0.343 e. The standard InChI is InChI=1S/C15H22N2O/c1-12-4-3-5-14(10-12)11-16-15-6-8-17(9-7-15)13(2)18/h3-5,10,15-16H,6-9,11H2,1-2H3. The molecule has 0 saturated carbocycles. The molecule has 0 bridgehead atoms. The van der Waals surface area contributed by atoms with Crippen LogP contribution in [-0.4, -0.2) is 29.9 Å². The summed E-state index contributed by atoms with van der Waals surface area (Å²) in [4.78, 5) is 13.2. The summed E-state index contributed by atoms with van der Waals surface area (Å²) < 4.78 is 0. The number of likely N-dealkylation sites (tertiary alicyclic amines) is 1. The summed E-state index contributed by atoms with van der Waals surface area (Å²) in [6.45, 7) is 6.48. The minimum atomic E-state index is 0.201. The zero-order chi connectivity index (χ0) is 13.0. The topological polar surface area (TPSA) is 32.3 Å². The van der Waals surface area contributed by atoms with Gasteiger partial charge in [0.2, 0.25) is 5.91 Å². The molecule has 0 radical (unpaired) electrons. The molecule has 1 N–H and O–H groups in total. The van der Waals surface area contributed by atoms with Crippen LogP contribution in [0.25, 0.3) is 0 Å². The summed E-state index contributed by atoms with van der Waals surface area (Å²) in [5.74, 6) is 0.201. The molecule has 0 aliphatic carbocycles. The van der Waals surface area contributed by atoms with Gasteiger partial charge in [0, 0.05) is 32.6 Å². The number of carbonyl (C=O) groups excluding carboxylic acids is 1. The quantitative estimate of drug-likeness (QED) is 0.885. The monoisotopic (exact) mass is 246 g/mol.